The van der Waals surface area contributed by atoms with Gasteiger partial charge in [-0.1, -0.05) is 133 Å². The molecule has 0 bridgehead atoms. The van der Waals surface area contributed by atoms with Crippen LogP contribution in [0.3, 0.4) is 0 Å². The maximum absolute atomic E-state index is 12.9. The summed E-state index contributed by atoms with van der Waals surface area (Å²) in [5.74, 6) is 7.52. The number of rotatable bonds is 25. The van der Waals surface area contributed by atoms with Crippen LogP contribution in [-0.4, -0.2) is 70.5 Å². The second-order valence-electron chi connectivity index (χ2n) is 29.0. The van der Waals surface area contributed by atoms with Crippen molar-refractivity contribution in [1.82, 2.24) is 0 Å². The molecule has 632 valence electrons. The Morgan fingerprint density at radius 3 is 0.468 bits per heavy atom. The third kappa shape index (κ3) is 22.4. The van der Waals surface area contributed by atoms with Gasteiger partial charge < -0.3 is 37.9 Å². The van der Waals surface area contributed by atoms with Gasteiger partial charge in [-0.25, -0.2) is 42.1 Å². The maximum atomic E-state index is 12.9. The Labute approximate surface area is 725 Å². The molecule has 15 rings (SSSR count). The second kappa shape index (κ2) is 39.5. The van der Waals surface area contributed by atoms with Crippen LogP contribution in [0.2, 0.25) is 0 Å². The van der Waals surface area contributed by atoms with Crippen molar-refractivity contribution in [3.8, 4) is 80.1 Å². The van der Waals surface area contributed by atoms with Gasteiger partial charge in [-0.05, 0) is 317 Å². The molecule has 124 heavy (non-hydrogen) atoms. The first-order valence-corrected chi connectivity index (χ1v) is 46.3. The zero-order valence-electron chi connectivity index (χ0n) is 69.5. The van der Waals surface area contributed by atoms with Crippen LogP contribution in [-0.2, 0) is 54.6 Å². The second-order valence-corrected chi connectivity index (χ2v) is 38.8. The first-order valence-electron chi connectivity index (χ1n) is 38.9. The van der Waals surface area contributed by atoms with E-state index in [0.29, 0.717) is 51.7 Å². The molecule has 0 radical (unpaired) electrons. The van der Waals surface area contributed by atoms with Crippen molar-refractivity contribution in [2.75, 3.05) is 28.4 Å². The van der Waals surface area contributed by atoms with Gasteiger partial charge in [0.05, 0.1) is 77.4 Å². The summed E-state index contributed by atoms with van der Waals surface area (Å²) in [7, 11) is -11.5. The summed E-state index contributed by atoms with van der Waals surface area (Å²) in [6, 6.07) is 104. The number of methoxy groups -OCH3 is 4. The van der Waals surface area contributed by atoms with Crippen LogP contribution in [0, 0.1) is 27.7 Å². The fourth-order valence-electron chi connectivity index (χ4n) is 12.5. The van der Waals surface area contributed by atoms with Crippen molar-refractivity contribution in [3.63, 3.8) is 0 Å². The average Bonchev–Trinajstić information content (AvgIpc) is 0.806. The molecule has 15 aromatic carbocycles. The molecule has 0 N–H and O–H groups in total. The van der Waals surface area contributed by atoms with E-state index in [1.165, 1.54) is 49.1 Å². The van der Waals surface area contributed by atoms with Crippen molar-refractivity contribution in [3.05, 3.63) is 397 Å². The molecule has 0 aliphatic heterocycles. The SMILES string of the molecule is COc1ccc(-c2ccc(Oc3ccc(S(=O)(=O)c4ccc(C)cc4)cc3)cc2)cc1.COc1ccc(C(C)(C)c2ccc(Oc3ccc(S(=O)(=O)c4ccc(C)cc4)cc3)cc2)cc1.COc1ccc(Oc2ccc(S(=O)(=O)c3ccc(C)cc3)cc2)cc1.COc1ccc(S(=O)(=O)c2ccc(Oc3ccc(S(=O)(=O)c4ccc(C)cc4)cc3)cc2)cc1. The molecule has 23 heteroatoms. The lowest BCUT2D eigenvalue weighted by Gasteiger charge is -2.26. The number of sulfone groups is 5. The van der Waals surface area contributed by atoms with Gasteiger partial charge in [0.2, 0.25) is 49.2 Å². The van der Waals surface area contributed by atoms with Gasteiger partial charge in [-0.3, -0.25) is 0 Å². The molecule has 0 spiro atoms. The van der Waals surface area contributed by atoms with Crippen molar-refractivity contribution in [1.29, 1.82) is 0 Å². The third-order valence-corrected chi connectivity index (χ3v) is 29.0. The first kappa shape index (κ1) is 89.7. The van der Waals surface area contributed by atoms with Crippen molar-refractivity contribution in [2.24, 2.45) is 0 Å². The number of ether oxygens (including phenoxy) is 8. The predicted octanol–water partition coefficient (Wildman–Crippen LogP) is 23.3. The quantitative estimate of drug-likeness (QED) is 0.0516. The van der Waals surface area contributed by atoms with Crippen LogP contribution in [0.25, 0.3) is 11.1 Å². The summed E-state index contributed by atoms with van der Waals surface area (Å²) in [6.45, 7) is 12.0. The van der Waals surface area contributed by atoms with Gasteiger partial charge in [0, 0.05) is 5.41 Å². The Kier molecular flexibility index (Phi) is 28.6. The molecule has 0 aliphatic rings. The van der Waals surface area contributed by atoms with Crippen molar-refractivity contribution in [2.45, 2.75) is 95.9 Å². The lowest BCUT2D eigenvalue weighted by atomic mass is 9.78. The average molecular weight is 1750 g/mol. The Morgan fingerprint density at radius 2 is 0.290 bits per heavy atom. The van der Waals surface area contributed by atoms with Crippen LogP contribution in [0.4, 0.5) is 0 Å². The molecule has 18 nitrogen and oxygen atoms in total. The van der Waals surface area contributed by atoms with Gasteiger partial charge in [0.1, 0.15) is 69.0 Å². The minimum absolute atomic E-state index is 0.129. The number of hydrogen-bond donors (Lipinski definition) is 0. The highest BCUT2D eigenvalue weighted by molar-refractivity contribution is 7.92. The molecule has 0 atom stereocenters. The standard InChI is InChI=1S/C29H28O4S.C26H22O6S2.C26H22O4S.C20H18O4S/c1-21-5-17-27(18-6-21)34(30,31)28-19-15-26(16-20-28)33-25-13-9-23(10-14-25)29(2,3)22-7-11-24(32-4)12-8-22;1-19-3-11-23(12-4-19)33(27,28)25-15-7-21(8-16-25)32-22-9-17-26(18-10-22)34(29,30)24-13-5-20(31-2)6-14-24;1-19-3-15-25(16-4-19)31(27,28)26-17-13-24(14-18-26)30-23-11-7-21(8-12-23)20-5-9-22(29-2)10-6-20;1-15-3-11-19(12-4-15)25(21,22)20-13-9-18(10-14-20)24-17-7-5-16(23-2)6-8-17/h5-20H,1-4H3;3-18H,1-2H3;3-18H,1-2H3;3-14H,1-2H3. The van der Waals surface area contributed by atoms with E-state index in [0.717, 1.165) is 56.2 Å². The monoisotopic (exact) mass is 1750 g/mol. The van der Waals surface area contributed by atoms with Crippen LogP contribution < -0.4 is 37.9 Å². The zero-order valence-corrected chi connectivity index (χ0v) is 73.6. The van der Waals surface area contributed by atoms with Gasteiger partial charge >= 0.3 is 0 Å². The van der Waals surface area contributed by atoms with E-state index in [-0.39, 0.29) is 54.4 Å². The largest absolute Gasteiger partial charge is 0.497 e. The fraction of sp³-hybridized carbons (Fsp3) is 0.109. The van der Waals surface area contributed by atoms with Crippen molar-refractivity contribution < 1.29 is 80.0 Å². The van der Waals surface area contributed by atoms with Gasteiger partial charge in [0.15, 0.2) is 0 Å². The minimum Gasteiger partial charge on any atom is -0.497 e. The van der Waals surface area contributed by atoms with Gasteiger partial charge in [-0.15, -0.1) is 0 Å². The summed E-state index contributed by atoms with van der Waals surface area (Å²) >= 11 is 0. The minimum atomic E-state index is -3.68. The van der Waals surface area contributed by atoms with Gasteiger partial charge in [-0.2, -0.15) is 0 Å². The molecule has 0 saturated carbocycles. The summed E-state index contributed by atoms with van der Waals surface area (Å²) < 4.78 is 172. The summed E-state index contributed by atoms with van der Waals surface area (Å²) in [4.78, 5) is 2.21. The first-order chi connectivity index (χ1) is 59.3. The normalized spacial score (nSPS) is 11.5. The summed E-state index contributed by atoms with van der Waals surface area (Å²) in [5.41, 5.74) is 8.33. The summed E-state index contributed by atoms with van der Waals surface area (Å²) in [6.07, 6.45) is 0. The zero-order chi connectivity index (χ0) is 88.4. The van der Waals surface area contributed by atoms with Crippen LogP contribution in [0.15, 0.2) is 413 Å². The lowest BCUT2D eigenvalue weighted by molar-refractivity contribution is 0.413. The molecule has 0 saturated heterocycles. The maximum Gasteiger partial charge on any atom is 0.206 e. The third-order valence-electron chi connectivity index (χ3n) is 20.0. The lowest BCUT2D eigenvalue weighted by Crippen LogP contribution is -2.18. The Hall–Kier alpha value is -13.6. The predicted molar refractivity (Wildman–Crippen MR) is 480 cm³/mol. The van der Waals surface area contributed by atoms with E-state index in [4.69, 9.17) is 37.9 Å². The molecule has 0 amide bonds. The fourth-order valence-corrected chi connectivity index (χ4v) is 18.8. The van der Waals surface area contributed by atoms with E-state index in [9.17, 15) is 42.1 Å². The highest BCUT2D eigenvalue weighted by Crippen LogP contribution is 2.38. The Bertz CT molecular complexity index is 6690. The highest BCUT2D eigenvalue weighted by Gasteiger charge is 2.26. The van der Waals surface area contributed by atoms with Crippen LogP contribution >= 0.6 is 0 Å². The molecular weight excluding hydrogens is 1660 g/mol. The Morgan fingerprint density at radius 1 is 0.169 bits per heavy atom. The van der Waals surface area contributed by atoms with E-state index < -0.39 is 49.2 Å². The van der Waals surface area contributed by atoms with E-state index in [1.807, 2.05) is 100 Å². The van der Waals surface area contributed by atoms with Gasteiger partial charge in [0.25, 0.3) is 0 Å². The molecule has 0 fully saturated rings. The molecule has 0 aromatic heterocycles. The van der Waals surface area contributed by atoms with E-state index >= 15 is 0 Å². The molecule has 0 aliphatic carbocycles. The van der Waals surface area contributed by atoms with Crippen molar-refractivity contribution >= 4 is 49.2 Å². The Balaban J connectivity index is 0.000000152. The number of benzene rings is 15. The smallest absolute Gasteiger partial charge is 0.206 e. The van der Waals surface area contributed by atoms with E-state index in [1.54, 1.807) is 252 Å². The molecular formula is C101H90O18S5. The number of aryl methyl sites for hydroxylation is 4. The van der Waals surface area contributed by atoms with Crippen LogP contribution in [0.5, 0.6) is 69.0 Å². The number of hydrogen-bond acceptors (Lipinski definition) is 18. The molecule has 15 aromatic rings. The van der Waals surface area contributed by atoms with E-state index in [2.05, 4.69) is 38.1 Å². The molecule has 0 unspecified atom stereocenters. The topological polar surface area (TPSA) is 245 Å². The molecule has 0 heterocycles. The summed E-state index contributed by atoms with van der Waals surface area (Å²) in [5, 5.41) is 0. The van der Waals surface area contributed by atoms with Crippen LogP contribution in [0.1, 0.15) is 47.2 Å². The highest BCUT2D eigenvalue weighted by atomic mass is 32.2.